The Kier molecular flexibility index (Phi) is 4.18. The number of nitrogens with zero attached hydrogens (tertiary/aromatic N) is 1. The minimum atomic E-state index is -0.949. The molecule has 0 spiro atoms. The van der Waals surface area contributed by atoms with Crippen molar-refractivity contribution in [3.8, 4) is 0 Å². The number of rotatable bonds is 2. The van der Waals surface area contributed by atoms with E-state index in [1.165, 1.54) is 0 Å². The van der Waals surface area contributed by atoms with Gasteiger partial charge in [-0.1, -0.05) is 41.4 Å². The molecule has 21 heavy (non-hydrogen) atoms. The summed E-state index contributed by atoms with van der Waals surface area (Å²) >= 11 is 15.6. The van der Waals surface area contributed by atoms with Gasteiger partial charge in [-0.15, -0.1) is 0 Å². The van der Waals surface area contributed by atoms with Gasteiger partial charge in [0.15, 0.2) is 0 Å². The molecule has 1 aromatic heterocycles. The second kappa shape index (κ2) is 5.93. The number of aromatic nitrogens is 1. The van der Waals surface area contributed by atoms with Crippen LogP contribution in [0.2, 0.25) is 10.0 Å². The van der Waals surface area contributed by atoms with Gasteiger partial charge in [-0.05, 0) is 46.3 Å². The molecule has 0 saturated carbocycles. The van der Waals surface area contributed by atoms with E-state index in [1.54, 1.807) is 18.2 Å². The van der Waals surface area contributed by atoms with Gasteiger partial charge in [-0.2, -0.15) is 0 Å². The standard InChI is InChI=1S/C16H10BrCl2NO/c17-12-7-9-3-1-2-4-14(9)20-15(12)16(21)11-8-10(18)5-6-13(11)19/h1-8,16,21H. The number of halogens is 3. The van der Waals surface area contributed by atoms with E-state index in [1.807, 2.05) is 30.3 Å². The highest BCUT2D eigenvalue weighted by Crippen LogP contribution is 2.34. The summed E-state index contributed by atoms with van der Waals surface area (Å²) in [5, 5.41) is 12.6. The minimum absolute atomic E-state index is 0.453. The molecule has 5 heteroatoms. The summed E-state index contributed by atoms with van der Waals surface area (Å²) in [6.45, 7) is 0. The van der Waals surface area contributed by atoms with Crippen molar-refractivity contribution in [3.63, 3.8) is 0 Å². The van der Waals surface area contributed by atoms with Crippen molar-refractivity contribution in [2.75, 3.05) is 0 Å². The molecular weight excluding hydrogens is 373 g/mol. The molecule has 0 fully saturated rings. The monoisotopic (exact) mass is 381 g/mol. The SMILES string of the molecule is OC(c1cc(Cl)ccc1Cl)c1nc2ccccc2cc1Br. The topological polar surface area (TPSA) is 33.1 Å². The largest absolute Gasteiger partial charge is 0.382 e. The summed E-state index contributed by atoms with van der Waals surface area (Å²) in [6, 6.07) is 14.6. The molecule has 1 atom stereocenters. The maximum Gasteiger partial charge on any atom is 0.124 e. The van der Waals surface area contributed by atoms with Crippen LogP contribution in [-0.2, 0) is 0 Å². The van der Waals surface area contributed by atoms with E-state index >= 15 is 0 Å². The normalized spacial score (nSPS) is 12.6. The molecule has 106 valence electrons. The predicted molar refractivity (Wildman–Crippen MR) is 90.0 cm³/mol. The second-order valence-electron chi connectivity index (χ2n) is 4.62. The average Bonchev–Trinajstić information content (AvgIpc) is 2.48. The van der Waals surface area contributed by atoms with E-state index in [9.17, 15) is 5.11 Å². The molecule has 1 heterocycles. The fourth-order valence-electron chi connectivity index (χ4n) is 2.17. The first kappa shape index (κ1) is 14.8. The molecule has 3 aromatic rings. The van der Waals surface area contributed by atoms with Crippen molar-refractivity contribution >= 4 is 50.0 Å². The second-order valence-corrected chi connectivity index (χ2v) is 6.31. The van der Waals surface area contributed by atoms with Crippen LogP contribution >= 0.6 is 39.1 Å². The highest BCUT2D eigenvalue weighted by Gasteiger charge is 2.19. The Morgan fingerprint density at radius 1 is 1.05 bits per heavy atom. The van der Waals surface area contributed by atoms with E-state index in [4.69, 9.17) is 23.2 Å². The van der Waals surface area contributed by atoms with Crippen LogP contribution < -0.4 is 0 Å². The molecule has 0 radical (unpaired) electrons. The molecule has 2 aromatic carbocycles. The third-order valence-corrected chi connectivity index (χ3v) is 4.43. The summed E-state index contributed by atoms with van der Waals surface area (Å²) in [6.07, 6.45) is -0.949. The van der Waals surface area contributed by atoms with Crippen molar-refractivity contribution in [3.05, 3.63) is 74.3 Å². The zero-order valence-electron chi connectivity index (χ0n) is 10.7. The molecule has 2 nitrogen and oxygen atoms in total. The van der Waals surface area contributed by atoms with E-state index in [0.717, 1.165) is 15.4 Å². The molecule has 3 rings (SSSR count). The van der Waals surface area contributed by atoms with Crippen LogP contribution in [-0.4, -0.2) is 10.1 Å². The summed E-state index contributed by atoms with van der Waals surface area (Å²) in [7, 11) is 0. The van der Waals surface area contributed by atoms with Gasteiger partial charge in [0.2, 0.25) is 0 Å². The van der Waals surface area contributed by atoms with Gasteiger partial charge in [0.25, 0.3) is 0 Å². The molecular formula is C16H10BrCl2NO. The first-order valence-electron chi connectivity index (χ1n) is 6.24. The molecule has 0 aliphatic rings. The Morgan fingerprint density at radius 2 is 1.81 bits per heavy atom. The van der Waals surface area contributed by atoms with Gasteiger partial charge in [0, 0.05) is 25.5 Å². The number of hydrogen-bond donors (Lipinski definition) is 1. The molecule has 0 aliphatic heterocycles. The maximum absolute atomic E-state index is 10.6. The summed E-state index contributed by atoms with van der Waals surface area (Å²) in [4.78, 5) is 4.52. The first-order valence-corrected chi connectivity index (χ1v) is 7.79. The third kappa shape index (κ3) is 2.92. The third-order valence-electron chi connectivity index (χ3n) is 3.22. The lowest BCUT2D eigenvalue weighted by atomic mass is 10.0. The molecule has 1 unspecified atom stereocenters. The first-order chi connectivity index (χ1) is 10.1. The van der Waals surface area contributed by atoms with Crippen molar-refractivity contribution < 1.29 is 5.11 Å². The van der Waals surface area contributed by atoms with Crippen LogP contribution in [0.4, 0.5) is 0 Å². The highest BCUT2D eigenvalue weighted by molar-refractivity contribution is 9.10. The zero-order chi connectivity index (χ0) is 15.0. The van der Waals surface area contributed by atoms with Crippen LogP contribution in [0.1, 0.15) is 17.4 Å². The summed E-state index contributed by atoms with van der Waals surface area (Å²) in [5.41, 5.74) is 1.86. The van der Waals surface area contributed by atoms with Crippen LogP contribution in [0.25, 0.3) is 10.9 Å². The van der Waals surface area contributed by atoms with E-state index in [0.29, 0.717) is 21.3 Å². The van der Waals surface area contributed by atoms with Gasteiger partial charge < -0.3 is 5.11 Å². The van der Waals surface area contributed by atoms with Crippen LogP contribution in [0.3, 0.4) is 0 Å². The van der Waals surface area contributed by atoms with Gasteiger partial charge >= 0.3 is 0 Å². The maximum atomic E-state index is 10.6. The Balaban J connectivity index is 2.14. The van der Waals surface area contributed by atoms with Gasteiger partial charge in [-0.3, -0.25) is 0 Å². The summed E-state index contributed by atoms with van der Waals surface area (Å²) in [5.74, 6) is 0. The minimum Gasteiger partial charge on any atom is -0.382 e. The van der Waals surface area contributed by atoms with Crippen LogP contribution in [0.15, 0.2) is 53.0 Å². The molecule has 0 amide bonds. The lowest BCUT2D eigenvalue weighted by Crippen LogP contribution is -2.04. The van der Waals surface area contributed by atoms with Crippen molar-refractivity contribution in [1.82, 2.24) is 4.98 Å². The van der Waals surface area contributed by atoms with Crippen molar-refractivity contribution in [2.45, 2.75) is 6.10 Å². The Hall–Kier alpha value is -1.13. The smallest absolute Gasteiger partial charge is 0.124 e. The number of hydrogen-bond acceptors (Lipinski definition) is 2. The molecule has 1 N–H and O–H groups in total. The van der Waals surface area contributed by atoms with Gasteiger partial charge in [0.05, 0.1) is 11.2 Å². The lowest BCUT2D eigenvalue weighted by Gasteiger charge is -2.15. The fraction of sp³-hybridized carbons (Fsp3) is 0.0625. The number of pyridine rings is 1. The predicted octanol–water partition coefficient (Wildman–Crippen LogP) is 5.39. The van der Waals surface area contributed by atoms with E-state index in [-0.39, 0.29) is 0 Å². The van der Waals surface area contributed by atoms with Gasteiger partial charge in [0.1, 0.15) is 6.10 Å². The quantitative estimate of drug-likeness (QED) is 0.644. The summed E-state index contributed by atoms with van der Waals surface area (Å²) < 4.78 is 0.727. The average molecular weight is 383 g/mol. The number of aliphatic hydroxyl groups is 1. The van der Waals surface area contributed by atoms with E-state index < -0.39 is 6.10 Å². The Bertz CT molecular complexity index is 822. The fourth-order valence-corrected chi connectivity index (χ4v) is 3.12. The zero-order valence-corrected chi connectivity index (χ0v) is 13.8. The van der Waals surface area contributed by atoms with Crippen LogP contribution in [0.5, 0.6) is 0 Å². The lowest BCUT2D eigenvalue weighted by molar-refractivity contribution is 0.215. The van der Waals surface area contributed by atoms with Crippen LogP contribution in [0, 0.1) is 0 Å². The number of fused-ring (bicyclic) bond motifs is 1. The van der Waals surface area contributed by atoms with Crippen molar-refractivity contribution in [2.24, 2.45) is 0 Å². The highest BCUT2D eigenvalue weighted by atomic mass is 79.9. The molecule has 0 aliphatic carbocycles. The van der Waals surface area contributed by atoms with E-state index in [2.05, 4.69) is 20.9 Å². The number of benzene rings is 2. The Labute approximate surface area is 140 Å². The van der Waals surface area contributed by atoms with Crippen molar-refractivity contribution in [1.29, 1.82) is 0 Å². The molecule has 0 saturated heterocycles. The number of para-hydroxylation sites is 1. The Morgan fingerprint density at radius 3 is 2.62 bits per heavy atom. The molecule has 0 bridgehead atoms. The number of aliphatic hydroxyl groups excluding tert-OH is 1. The van der Waals surface area contributed by atoms with Gasteiger partial charge in [-0.25, -0.2) is 4.98 Å².